The van der Waals surface area contributed by atoms with Crippen LogP contribution in [0.1, 0.15) is 33.1 Å². The van der Waals surface area contributed by atoms with Gasteiger partial charge < -0.3 is 14.9 Å². The van der Waals surface area contributed by atoms with Crippen LogP contribution in [-0.4, -0.2) is 84.0 Å². The molecule has 0 aromatic heterocycles. The number of likely N-dealkylation sites (N-methyl/N-ethyl adjacent to an activating group) is 1. The lowest BCUT2D eigenvalue weighted by Gasteiger charge is -2.39. The molecule has 0 radical (unpaired) electrons. The molecule has 2 aliphatic heterocycles. The van der Waals surface area contributed by atoms with Crippen molar-refractivity contribution in [1.29, 1.82) is 0 Å². The normalized spacial score (nSPS) is 28.1. The van der Waals surface area contributed by atoms with Gasteiger partial charge in [-0.05, 0) is 44.7 Å². The summed E-state index contributed by atoms with van der Waals surface area (Å²) in [6, 6.07) is 0. The van der Waals surface area contributed by atoms with E-state index in [2.05, 4.69) is 4.90 Å². The Labute approximate surface area is 133 Å². The van der Waals surface area contributed by atoms with E-state index in [1.54, 1.807) is 25.9 Å². The van der Waals surface area contributed by atoms with Crippen molar-refractivity contribution >= 4 is 11.8 Å². The lowest BCUT2D eigenvalue weighted by atomic mass is 9.74. The van der Waals surface area contributed by atoms with E-state index in [-0.39, 0.29) is 23.8 Å². The van der Waals surface area contributed by atoms with Crippen LogP contribution in [0, 0.1) is 5.41 Å². The molecule has 1 N–H and O–H groups in total. The van der Waals surface area contributed by atoms with Crippen molar-refractivity contribution < 1.29 is 14.7 Å². The standard InChI is InChI=1S/C16H29N3O3/c1-13(21)19-11-16(10-15(19,2)12-20)5-7-18(8-6-16)9-14(22)17(3)4/h20H,5-12H2,1-4H3/t15-/m1/s1. The van der Waals surface area contributed by atoms with E-state index >= 15 is 0 Å². The summed E-state index contributed by atoms with van der Waals surface area (Å²) in [6.45, 7) is 6.53. The molecule has 2 heterocycles. The molecule has 2 amide bonds. The Bertz CT molecular complexity index is 444. The maximum atomic E-state index is 11.9. The highest BCUT2D eigenvalue weighted by Gasteiger charge is 2.52. The van der Waals surface area contributed by atoms with Crippen LogP contribution in [0.4, 0.5) is 0 Å². The smallest absolute Gasteiger partial charge is 0.236 e. The number of nitrogens with zero attached hydrogens (tertiary/aromatic N) is 3. The Morgan fingerprint density at radius 1 is 1.23 bits per heavy atom. The predicted molar refractivity (Wildman–Crippen MR) is 84.3 cm³/mol. The minimum absolute atomic E-state index is 0.0111. The van der Waals surface area contributed by atoms with Gasteiger partial charge in [-0.15, -0.1) is 0 Å². The lowest BCUT2D eigenvalue weighted by molar-refractivity contribution is -0.134. The molecule has 2 rings (SSSR count). The Hall–Kier alpha value is -1.14. The summed E-state index contributed by atoms with van der Waals surface area (Å²) in [6.07, 6.45) is 2.81. The maximum Gasteiger partial charge on any atom is 0.236 e. The van der Waals surface area contributed by atoms with E-state index in [0.29, 0.717) is 6.54 Å². The highest BCUT2D eigenvalue weighted by Crippen LogP contribution is 2.47. The number of carbonyl (C=O) groups excluding carboxylic acids is 2. The van der Waals surface area contributed by atoms with E-state index in [4.69, 9.17) is 0 Å². The van der Waals surface area contributed by atoms with Crippen molar-refractivity contribution in [3.05, 3.63) is 0 Å². The molecular formula is C16H29N3O3. The SMILES string of the molecule is CC(=O)N1CC2(CCN(CC(=O)N(C)C)CC2)C[C@]1(C)CO. The molecule has 0 aromatic rings. The second kappa shape index (κ2) is 6.16. The molecular weight excluding hydrogens is 282 g/mol. The van der Waals surface area contributed by atoms with Crippen LogP contribution in [0.3, 0.4) is 0 Å². The highest BCUT2D eigenvalue weighted by atomic mass is 16.3. The Morgan fingerprint density at radius 3 is 2.23 bits per heavy atom. The van der Waals surface area contributed by atoms with Gasteiger partial charge in [0.2, 0.25) is 11.8 Å². The van der Waals surface area contributed by atoms with Crippen molar-refractivity contribution in [3.8, 4) is 0 Å². The van der Waals surface area contributed by atoms with Crippen molar-refractivity contribution in [1.82, 2.24) is 14.7 Å². The topological polar surface area (TPSA) is 64.1 Å². The summed E-state index contributed by atoms with van der Waals surface area (Å²) in [5.41, 5.74) is -0.339. The first-order chi connectivity index (χ1) is 10.2. The van der Waals surface area contributed by atoms with Crippen LogP contribution in [0.2, 0.25) is 0 Å². The van der Waals surface area contributed by atoms with Crippen LogP contribution in [-0.2, 0) is 9.59 Å². The summed E-state index contributed by atoms with van der Waals surface area (Å²) in [5, 5.41) is 9.74. The zero-order valence-corrected chi connectivity index (χ0v) is 14.3. The van der Waals surface area contributed by atoms with Gasteiger partial charge >= 0.3 is 0 Å². The monoisotopic (exact) mass is 311 g/mol. The molecule has 0 unspecified atom stereocenters. The van der Waals surface area contributed by atoms with E-state index in [1.807, 2.05) is 11.8 Å². The predicted octanol–water partition coefficient (Wildman–Crippen LogP) is 0.160. The fraction of sp³-hybridized carbons (Fsp3) is 0.875. The zero-order valence-electron chi connectivity index (χ0n) is 14.3. The third kappa shape index (κ3) is 3.27. The number of piperidine rings is 1. The van der Waals surface area contributed by atoms with Gasteiger partial charge in [-0.3, -0.25) is 14.5 Å². The Morgan fingerprint density at radius 2 is 1.82 bits per heavy atom. The largest absolute Gasteiger partial charge is 0.394 e. The van der Waals surface area contributed by atoms with Crippen LogP contribution in [0.5, 0.6) is 0 Å². The van der Waals surface area contributed by atoms with Gasteiger partial charge in [-0.25, -0.2) is 0 Å². The highest BCUT2D eigenvalue weighted by molar-refractivity contribution is 5.77. The Kier molecular flexibility index (Phi) is 4.82. The number of rotatable bonds is 3. The van der Waals surface area contributed by atoms with E-state index in [9.17, 15) is 14.7 Å². The summed E-state index contributed by atoms with van der Waals surface area (Å²) < 4.78 is 0. The van der Waals surface area contributed by atoms with Gasteiger partial charge in [-0.2, -0.15) is 0 Å². The van der Waals surface area contributed by atoms with Crippen molar-refractivity contribution in [2.24, 2.45) is 5.41 Å². The number of aliphatic hydroxyl groups excluding tert-OH is 1. The third-order valence-electron chi connectivity index (χ3n) is 5.40. The van der Waals surface area contributed by atoms with Crippen LogP contribution < -0.4 is 0 Å². The second-order valence-electron chi connectivity index (χ2n) is 7.50. The van der Waals surface area contributed by atoms with Gasteiger partial charge in [0, 0.05) is 27.6 Å². The summed E-state index contributed by atoms with van der Waals surface area (Å²) in [7, 11) is 3.56. The van der Waals surface area contributed by atoms with Crippen molar-refractivity contribution in [2.45, 2.75) is 38.6 Å². The molecule has 0 aliphatic carbocycles. The quantitative estimate of drug-likeness (QED) is 0.806. The van der Waals surface area contributed by atoms with Gasteiger partial charge in [-0.1, -0.05) is 0 Å². The van der Waals surface area contributed by atoms with E-state index < -0.39 is 5.54 Å². The van der Waals surface area contributed by atoms with Crippen molar-refractivity contribution in [2.75, 3.05) is 46.9 Å². The van der Waals surface area contributed by atoms with Gasteiger partial charge in [0.05, 0.1) is 18.7 Å². The number of amides is 2. The summed E-state index contributed by atoms with van der Waals surface area (Å²) in [4.78, 5) is 29.4. The first kappa shape index (κ1) is 17.2. The maximum absolute atomic E-state index is 11.9. The Balaban J connectivity index is 1.99. The fourth-order valence-corrected chi connectivity index (χ4v) is 3.97. The molecule has 1 atom stereocenters. The van der Waals surface area contributed by atoms with E-state index in [0.717, 1.165) is 38.9 Å². The number of aliphatic hydroxyl groups is 1. The lowest BCUT2D eigenvalue weighted by Crippen LogP contribution is -2.46. The fourth-order valence-electron chi connectivity index (χ4n) is 3.97. The van der Waals surface area contributed by atoms with E-state index in [1.165, 1.54) is 0 Å². The summed E-state index contributed by atoms with van der Waals surface area (Å²) >= 11 is 0. The van der Waals surface area contributed by atoms with Gasteiger partial charge in [0.15, 0.2) is 0 Å². The molecule has 2 aliphatic rings. The average Bonchev–Trinajstić information content (AvgIpc) is 2.75. The molecule has 126 valence electrons. The molecule has 2 fully saturated rings. The van der Waals surface area contributed by atoms with Crippen LogP contribution >= 0.6 is 0 Å². The minimum Gasteiger partial charge on any atom is -0.394 e. The minimum atomic E-state index is -0.437. The first-order valence-corrected chi connectivity index (χ1v) is 8.03. The van der Waals surface area contributed by atoms with Gasteiger partial charge in [0.25, 0.3) is 0 Å². The van der Waals surface area contributed by atoms with Crippen LogP contribution in [0.25, 0.3) is 0 Å². The number of hydrogen-bond acceptors (Lipinski definition) is 4. The number of carbonyl (C=O) groups is 2. The zero-order chi connectivity index (χ0) is 16.5. The molecule has 22 heavy (non-hydrogen) atoms. The third-order valence-corrected chi connectivity index (χ3v) is 5.40. The first-order valence-electron chi connectivity index (χ1n) is 8.03. The van der Waals surface area contributed by atoms with Gasteiger partial charge in [0.1, 0.15) is 0 Å². The summed E-state index contributed by atoms with van der Waals surface area (Å²) in [5.74, 6) is 0.173. The molecule has 6 heteroatoms. The molecule has 0 bridgehead atoms. The molecule has 0 aromatic carbocycles. The van der Waals surface area contributed by atoms with Crippen molar-refractivity contribution in [3.63, 3.8) is 0 Å². The number of likely N-dealkylation sites (tertiary alicyclic amines) is 2. The molecule has 1 spiro atoms. The second-order valence-corrected chi connectivity index (χ2v) is 7.50. The molecule has 6 nitrogen and oxygen atoms in total. The molecule has 2 saturated heterocycles. The van der Waals surface area contributed by atoms with Crippen LogP contribution in [0.15, 0.2) is 0 Å². The number of hydrogen-bond donors (Lipinski definition) is 1. The molecule has 0 saturated carbocycles. The average molecular weight is 311 g/mol.